The Hall–Kier alpha value is -1.52. The number of unbranched alkanes of at least 4 members (excludes halogenated alkanes) is 1. The van der Waals surface area contributed by atoms with E-state index in [2.05, 4.69) is 38.5 Å². The summed E-state index contributed by atoms with van der Waals surface area (Å²) in [6.07, 6.45) is 3.49. The molecule has 0 aliphatic carbocycles. The van der Waals surface area contributed by atoms with Crippen molar-refractivity contribution in [3.05, 3.63) is 60.5 Å². The van der Waals surface area contributed by atoms with Crippen LogP contribution < -0.4 is 9.47 Å². The molecule has 0 atom stereocenters. The molecule has 1 heterocycles. The van der Waals surface area contributed by atoms with Gasteiger partial charge in [0.25, 0.3) is 11.1 Å². The van der Waals surface area contributed by atoms with Crippen LogP contribution in [-0.4, -0.2) is 29.2 Å². The first-order chi connectivity index (χ1) is 14.9. The van der Waals surface area contributed by atoms with Crippen molar-refractivity contribution < 1.29 is 19.1 Å². The molecule has 1 aliphatic rings. The smallest absolute Gasteiger partial charge is 0.293 e. The molecule has 0 N–H and O–H groups in total. The molecule has 31 heavy (non-hydrogen) atoms. The SMILES string of the molecule is CCCCN1C(=O)S/C(=C\c2cc(I)c(OCc3ccc(Br)cc3)c(OCC)c2)C1=O. The van der Waals surface area contributed by atoms with Crippen molar-refractivity contribution in [1.82, 2.24) is 4.90 Å². The average molecular weight is 616 g/mol. The topological polar surface area (TPSA) is 55.8 Å². The van der Waals surface area contributed by atoms with E-state index >= 15 is 0 Å². The number of benzene rings is 2. The predicted molar refractivity (Wildman–Crippen MR) is 136 cm³/mol. The largest absolute Gasteiger partial charge is 0.490 e. The molecule has 0 bridgehead atoms. The van der Waals surface area contributed by atoms with Gasteiger partial charge in [-0.1, -0.05) is 41.4 Å². The van der Waals surface area contributed by atoms with Crippen molar-refractivity contribution in [3.63, 3.8) is 0 Å². The lowest BCUT2D eigenvalue weighted by atomic mass is 10.1. The zero-order valence-electron chi connectivity index (χ0n) is 17.3. The fourth-order valence-electron chi connectivity index (χ4n) is 2.97. The molecule has 1 aliphatic heterocycles. The van der Waals surface area contributed by atoms with E-state index in [4.69, 9.17) is 9.47 Å². The summed E-state index contributed by atoms with van der Waals surface area (Å²) in [4.78, 5) is 26.6. The molecule has 0 unspecified atom stereocenters. The first-order valence-corrected chi connectivity index (χ1v) is 12.7. The Kier molecular flexibility index (Phi) is 8.85. The quantitative estimate of drug-likeness (QED) is 0.228. The van der Waals surface area contributed by atoms with Gasteiger partial charge in [-0.2, -0.15) is 0 Å². The monoisotopic (exact) mass is 615 g/mol. The van der Waals surface area contributed by atoms with E-state index in [0.717, 1.165) is 43.8 Å². The molecule has 0 saturated carbocycles. The molecule has 164 valence electrons. The number of amides is 2. The zero-order chi connectivity index (χ0) is 22.4. The minimum Gasteiger partial charge on any atom is -0.490 e. The molecule has 2 aromatic carbocycles. The molecule has 1 saturated heterocycles. The van der Waals surface area contributed by atoms with E-state index < -0.39 is 0 Å². The second-order valence-electron chi connectivity index (χ2n) is 6.87. The van der Waals surface area contributed by atoms with Crippen molar-refractivity contribution in [2.24, 2.45) is 0 Å². The van der Waals surface area contributed by atoms with Crippen molar-refractivity contribution >= 4 is 67.5 Å². The second-order valence-corrected chi connectivity index (χ2v) is 9.94. The van der Waals surface area contributed by atoms with Gasteiger partial charge in [0.1, 0.15) is 6.61 Å². The first kappa shape index (κ1) is 24.1. The average Bonchev–Trinajstić information content (AvgIpc) is 3.00. The van der Waals surface area contributed by atoms with Gasteiger partial charge >= 0.3 is 0 Å². The van der Waals surface area contributed by atoms with E-state index in [1.807, 2.05) is 50.2 Å². The second kappa shape index (κ2) is 11.4. The van der Waals surface area contributed by atoms with Gasteiger partial charge in [0, 0.05) is 11.0 Å². The van der Waals surface area contributed by atoms with Crippen LogP contribution in [0.5, 0.6) is 11.5 Å². The summed E-state index contributed by atoms with van der Waals surface area (Å²) in [5, 5.41) is -0.209. The number of nitrogens with zero attached hydrogens (tertiary/aromatic N) is 1. The van der Waals surface area contributed by atoms with E-state index in [9.17, 15) is 9.59 Å². The predicted octanol–water partition coefficient (Wildman–Crippen LogP) is 6.87. The minimum absolute atomic E-state index is 0.209. The Morgan fingerprint density at radius 2 is 1.87 bits per heavy atom. The van der Waals surface area contributed by atoms with Gasteiger partial charge in [0.15, 0.2) is 11.5 Å². The summed E-state index contributed by atoms with van der Waals surface area (Å²) < 4.78 is 13.8. The summed E-state index contributed by atoms with van der Waals surface area (Å²) in [5.74, 6) is 1.05. The molecule has 2 amide bonds. The lowest BCUT2D eigenvalue weighted by molar-refractivity contribution is -0.122. The number of carbonyl (C=O) groups excluding carboxylic acids is 2. The molecule has 0 radical (unpaired) electrons. The van der Waals surface area contributed by atoms with Crippen molar-refractivity contribution in [1.29, 1.82) is 0 Å². The third kappa shape index (κ3) is 6.26. The Morgan fingerprint density at radius 1 is 1.13 bits per heavy atom. The van der Waals surface area contributed by atoms with Crippen LogP contribution in [0.15, 0.2) is 45.8 Å². The zero-order valence-corrected chi connectivity index (χ0v) is 21.9. The van der Waals surface area contributed by atoms with E-state index in [1.54, 1.807) is 6.08 Å². The van der Waals surface area contributed by atoms with Crippen molar-refractivity contribution in [2.45, 2.75) is 33.3 Å². The number of ether oxygens (including phenoxy) is 2. The Morgan fingerprint density at radius 3 is 2.55 bits per heavy atom. The fourth-order valence-corrected chi connectivity index (χ4v) is 4.88. The summed E-state index contributed by atoms with van der Waals surface area (Å²) >= 11 is 6.63. The third-order valence-corrected chi connectivity index (χ3v) is 6.77. The van der Waals surface area contributed by atoms with Crippen LogP contribution in [-0.2, 0) is 11.4 Å². The molecule has 0 aromatic heterocycles. The highest BCUT2D eigenvalue weighted by Crippen LogP contribution is 2.38. The first-order valence-electron chi connectivity index (χ1n) is 10.0. The normalized spacial score (nSPS) is 15.1. The lowest BCUT2D eigenvalue weighted by Crippen LogP contribution is -2.29. The van der Waals surface area contributed by atoms with Gasteiger partial charge in [-0.3, -0.25) is 14.5 Å². The molecule has 2 aromatic rings. The third-order valence-electron chi connectivity index (χ3n) is 4.53. The van der Waals surface area contributed by atoms with Crippen LogP contribution in [0.2, 0.25) is 0 Å². The van der Waals surface area contributed by atoms with E-state index in [1.165, 1.54) is 4.90 Å². The summed E-state index contributed by atoms with van der Waals surface area (Å²) in [5.41, 5.74) is 1.84. The van der Waals surface area contributed by atoms with Gasteiger partial charge in [0.05, 0.1) is 15.1 Å². The van der Waals surface area contributed by atoms with E-state index in [0.29, 0.717) is 36.2 Å². The molecule has 5 nitrogen and oxygen atoms in total. The maximum atomic E-state index is 12.6. The van der Waals surface area contributed by atoms with Crippen LogP contribution in [0.25, 0.3) is 6.08 Å². The number of imide groups is 1. The van der Waals surface area contributed by atoms with Crippen LogP contribution in [0.4, 0.5) is 4.79 Å². The Balaban J connectivity index is 1.82. The lowest BCUT2D eigenvalue weighted by Gasteiger charge is -2.15. The van der Waals surface area contributed by atoms with Gasteiger partial charge in [-0.05, 0) is 89.2 Å². The highest BCUT2D eigenvalue weighted by molar-refractivity contribution is 14.1. The van der Waals surface area contributed by atoms with Gasteiger partial charge < -0.3 is 9.47 Å². The fraction of sp³-hybridized carbons (Fsp3) is 0.304. The number of rotatable bonds is 9. The number of hydrogen-bond donors (Lipinski definition) is 0. The molecular weight excluding hydrogens is 593 g/mol. The van der Waals surface area contributed by atoms with Crippen LogP contribution in [0.3, 0.4) is 0 Å². The molecule has 1 fully saturated rings. The molecule has 8 heteroatoms. The van der Waals surface area contributed by atoms with Gasteiger partial charge in [-0.15, -0.1) is 0 Å². The van der Waals surface area contributed by atoms with Crippen LogP contribution in [0, 0.1) is 3.57 Å². The highest BCUT2D eigenvalue weighted by Gasteiger charge is 2.34. The number of thioether (sulfide) groups is 1. The number of carbonyl (C=O) groups is 2. The van der Waals surface area contributed by atoms with Crippen molar-refractivity contribution in [2.75, 3.05) is 13.2 Å². The van der Waals surface area contributed by atoms with E-state index in [-0.39, 0.29) is 11.1 Å². The summed E-state index contributed by atoms with van der Waals surface area (Å²) in [6, 6.07) is 11.7. The Labute approximate surface area is 208 Å². The van der Waals surface area contributed by atoms with Crippen molar-refractivity contribution in [3.8, 4) is 11.5 Å². The van der Waals surface area contributed by atoms with Gasteiger partial charge in [0.2, 0.25) is 0 Å². The summed E-state index contributed by atoms with van der Waals surface area (Å²) in [7, 11) is 0. The maximum Gasteiger partial charge on any atom is 0.293 e. The van der Waals surface area contributed by atoms with Gasteiger partial charge in [-0.25, -0.2) is 0 Å². The Bertz CT molecular complexity index is 994. The van der Waals surface area contributed by atoms with Crippen LogP contribution in [0.1, 0.15) is 37.8 Å². The molecule has 0 spiro atoms. The maximum absolute atomic E-state index is 12.6. The number of hydrogen-bond acceptors (Lipinski definition) is 5. The van der Waals surface area contributed by atoms with Crippen LogP contribution >= 0.6 is 50.3 Å². The summed E-state index contributed by atoms with van der Waals surface area (Å²) in [6.45, 7) is 5.31. The highest BCUT2D eigenvalue weighted by atomic mass is 127. The minimum atomic E-state index is -0.230. The standard InChI is InChI=1S/C23H23BrINO4S/c1-3-5-10-26-22(27)20(31-23(26)28)13-16-11-18(25)21(19(12-16)29-4-2)30-14-15-6-8-17(24)9-7-15/h6-9,11-13H,3-5,10,14H2,1-2H3/b20-13-. The molecular formula is C23H23BrINO4S. The number of halogens is 2. The molecule has 3 rings (SSSR count).